The Kier molecular flexibility index (Phi) is 3.82. The van der Waals surface area contributed by atoms with Gasteiger partial charge < -0.3 is 4.90 Å². The Labute approximate surface area is 144 Å². The Morgan fingerprint density at radius 2 is 1.68 bits per heavy atom. The molecule has 0 N–H and O–H groups in total. The van der Waals surface area contributed by atoms with E-state index in [9.17, 15) is 18.0 Å². The quantitative estimate of drug-likeness (QED) is 0.790. The number of hydrogen-bond donors (Lipinski definition) is 0. The van der Waals surface area contributed by atoms with E-state index in [1.165, 1.54) is 17.7 Å². The maximum atomic E-state index is 13.2. The van der Waals surface area contributed by atoms with Crippen LogP contribution in [0.25, 0.3) is 0 Å². The minimum atomic E-state index is -4.38. The number of carbonyl (C=O) groups is 1. The standard InChI is InChI=1S/C20H18F3NO/c21-20(22,23)18-8-4-3-7-15(18)16-11-17(16)19(25)24-10-9-13-5-1-2-6-14(13)12-24/h1-8,16-17H,9-12H2. The van der Waals surface area contributed by atoms with Crippen molar-refractivity contribution in [1.29, 1.82) is 0 Å². The van der Waals surface area contributed by atoms with Crippen molar-refractivity contribution in [2.45, 2.75) is 31.5 Å². The fraction of sp³-hybridized carbons (Fsp3) is 0.350. The summed E-state index contributed by atoms with van der Waals surface area (Å²) in [5.41, 5.74) is 2.03. The molecule has 0 radical (unpaired) electrons. The molecule has 4 rings (SSSR count). The summed E-state index contributed by atoms with van der Waals surface area (Å²) in [4.78, 5) is 14.6. The first-order valence-electron chi connectivity index (χ1n) is 8.47. The van der Waals surface area contributed by atoms with Gasteiger partial charge in [0.2, 0.25) is 5.91 Å². The molecule has 25 heavy (non-hydrogen) atoms. The molecule has 2 aromatic carbocycles. The van der Waals surface area contributed by atoms with E-state index in [-0.39, 0.29) is 23.3 Å². The fourth-order valence-corrected chi connectivity index (χ4v) is 3.81. The molecule has 1 saturated carbocycles. The van der Waals surface area contributed by atoms with E-state index < -0.39 is 11.7 Å². The molecule has 2 aliphatic rings. The van der Waals surface area contributed by atoms with Crippen molar-refractivity contribution in [2.75, 3.05) is 6.54 Å². The summed E-state index contributed by atoms with van der Waals surface area (Å²) in [7, 11) is 0. The molecule has 2 atom stereocenters. The normalized spacial score (nSPS) is 22.4. The third-order valence-electron chi connectivity index (χ3n) is 5.22. The van der Waals surface area contributed by atoms with Gasteiger partial charge in [0.1, 0.15) is 0 Å². The van der Waals surface area contributed by atoms with Gasteiger partial charge in [-0.25, -0.2) is 0 Å². The SMILES string of the molecule is O=C(C1CC1c1ccccc1C(F)(F)F)N1CCc2ccccc2C1. The molecule has 2 aromatic rings. The summed E-state index contributed by atoms with van der Waals surface area (Å²) in [6, 6.07) is 13.6. The minimum Gasteiger partial charge on any atom is -0.338 e. The van der Waals surface area contributed by atoms with E-state index >= 15 is 0 Å². The van der Waals surface area contributed by atoms with Crippen LogP contribution in [0.1, 0.15) is 34.6 Å². The number of nitrogens with zero attached hydrogens (tertiary/aromatic N) is 1. The number of hydrogen-bond acceptors (Lipinski definition) is 1. The number of amides is 1. The van der Waals surface area contributed by atoms with Gasteiger partial charge in [0.15, 0.2) is 0 Å². The molecule has 0 bridgehead atoms. The molecule has 130 valence electrons. The summed E-state index contributed by atoms with van der Waals surface area (Å²) in [5, 5.41) is 0. The van der Waals surface area contributed by atoms with E-state index in [0.29, 0.717) is 19.5 Å². The molecule has 1 heterocycles. The Hall–Kier alpha value is -2.30. The lowest BCUT2D eigenvalue weighted by Gasteiger charge is -2.29. The number of benzene rings is 2. The second-order valence-electron chi connectivity index (χ2n) is 6.81. The van der Waals surface area contributed by atoms with Crippen LogP contribution in [0.5, 0.6) is 0 Å². The van der Waals surface area contributed by atoms with Crippen LogP contribution in [-0.2, 0) is 23.9 Å². The molecule has 1 aliphatic carbocycles. The zero-order valence-corrected chi connectivity index (χ0v) is 13.6. The average molecular weight is 345 g/mol. The Morgan fingerprint density at radius 3 is 2.44 bits per heavy atom. The van der Waals surface area contributed by atoms with Crippen LogP contribution >= 0.6 is 0 Å². The van der Waals surface area contributed by atoms with Crippen LogP contribution in [0.15, 0.2) is 48.5 Å². The van der Waals surface area contributed by atoms with Crippen LogP contribution in [-0.4, -0.2) is 17.4 Å². The van der Waals surface area contributed by atoms with Gasteiger partial charge in [0.05, 0.1) is 5.56 Å². The number of rotatable bonds is 2. The molecule has 1 fully saturated rings. The number of alkyl halides is 3. The average Bonchev–Trinajstić information content (AvgIpc) is 3.40. The molecule has 5 heteroatoms. The van der Waals surface area contributed by atoms with Crippen molar-refractivity contribution in [1.82, 2.24) is 4.90 Å². The highest BCUT2D eigenvalue weighted by molar-refractivity contribution is 5.83. The summed E-state index contributed by atoms with van der Waals surface area (Å²) in [6.45, 7) is 1.19. The van der Waals surface area contributed by atoms with Crippen molar-refractivity contribution in [2.24, 2.45) is 5.92 Å². The van der Waals surface area contributed by atoms with E-state index in [4.69, 9.17) is 0 Å². The topological polar surface area (TPSA) is 20.3 Å². The fourth-order valence-electron chi connectivity index (χ4n) is 3.81. The van der Waals surface area contributed by atoms with Gasteiger partial charge in [0.25, 0.3) is 0 Å². The van der Waals surface area contributed by atoms with Crippen molar-refractivity contribution in [3.63, 3.8) is 0 Å². The molecule has 2 nitrogen and oxygen atoms in total. The van der Waals surface area contributed by atoms with Crippen LogP contribution in [0.4, 0.5) is 13.2 Å². The maximum absolute atomic E-state index is 13.2. The van der Waals surface area contributed by atoms with Crippen molar-refractivity contribution >= 4 is 5.91 Å². The van der Waals surface area contributed by atoms with Gasteiger partial charge in [-0.3, -0.25) is 4.79 Å². The lowest BCUT2D eigenvalue weighted by Crippen LogP contribution is -2.37. The van der Waals surface area contributed by atoms with Crippen molar-refractivity contribution in [3.8, 4) is 0 Å². The predicted octanol–water partition coefficient (Wildman–Crippen LogP) is 4.39. The minimum absolute atomic E-state index is 0.0171. The van der Waals surface area contributed by atoms with Gasteiger partial charge in [0, 0.05) is 19.0 Å². The highest BCUT2D eigenvalue weighted by Crippen LogP contribution is 2.52. The monoisotopic (exact) mass is 345 g/mol. The highest BCUT2D eigenvalue weighted by atomic mass is 19.4. The third-order valence-corrected chi connectivity index (χ3v) is 5.22. The molecule has 1 aliphatic heterocycles. The van der Waals surface area contributed by atoms with Crippen LogP contribution in [0.2, 0.25) is 0 Å². The zero-order chi connectivity index (χ0) is 17.6. The molecular weight excluding hydrogens is 327 g/mol. The second kappa shape index (κ2) is 5.90. The number of halogens is 3. The first-order valence-corrected chi connectivity index (χ1v) is 8.47. The first kappa shape index (κ1) is 16.2. The molecular formula is C20H18F3NO. The molecule has 0 aromatic heterocycles. The summed E-state index contributed by atoms with van der Waals surface area (Å²) in [5.74, 6) is -0.660. The number of carbonyl (C=O) groups excluding carboxylic acids is 1. The first-order chi connectivity index (χ1) is 11.9. The van der Waals surface area contributed by atoms with Gasteiger partial charge in [-0.1, -0.05) is 42.5 Å². The molecule has 0 spiro atoms. The maximum Gasteiger partial charge on any atom is 0.416 e. The van der Waals surface area contributed by atoms with Gasteiger partial charge in [-0.15, -0.1) is 0 Å². The Morgan fingerprint density at radius 1 is 1.00 bits per heavy atom. The molecule has 1 amide bonds. The van der Waals surface area contributed by atoms with Crippen LogP contribution in [0, 0.1) is 5.92 Å². The van der Waals surface area contributed by atoms with E-state index in [0.717, 1.165) is 18.1 Å². The van der Waals surface area contributed by atoms with E-state index in [1.807, 2.05) is 18.2 Å². The van der Waals surface area contributed by atoms with Gasteiger partial charge in [-0.05, 0) is 41.5 Å². The zero-order valence-electron chi connectivity index (χ0n) is 13.6. The smallest absolute Gasteiger partial charge is 0.338 e. The highest BCUT2D eigenvalue weighted by Gasteiger charge is 2.49. The lowest BCUT2D eigenvalue weighted by molar-refractivity contribution is -0.138. The van der Waals surface area contributed by atoms with Crippen molar-refractivity contribution < 1.29 is 18.0 Å². The number of fused-ring (bicyclic) bond motifs is 1. The second-order valence-corrected chi connectivity index (χ2v) is 6.81. The van der Waals surface area contributed by atoms with E-state index in [2.05, 4.69) is 6.07 Å². The third kappa shape index (κ3) is 3.03. The largest absolute Gasteiger partial charge is 0.416 e. The van der Waals surface area contributed by atoms with E-state index in [1.54, 1.807) is 11.0 Å². The molecule has 0 saturated heterocycles. The van der Waals surface area contributed by atoms with Crippen molar-refractivity contribution in [3.05, 3.63) is 70.8 Å². The lowest BCUT2D eigenvalue weighted by atomic mass is 9.98. The summed E-state index contributed by atoms with van der Waals surface area (Å²) >= 11 is 0. The Balaban J connectivity index is 1.50. The summed E-state index contributed by atoms with van der Waals surface area (Å²) in [6.07, 6.45) is -3.07. The predicted molar refractivity (Wildman–Crippen MR) is 87.9 cm³/mol. The molecule has 2 unspecified atom stereocenters. The summed E-state index contributed by atoms with van der Waals surface area (Å²) < 4.78 is 39.6. The van der Waals surface area contributed by atoms with Gasteiger partial charge >= 0.3 is 6.18 Å². The van der Waals surface area contributed by atoms with Crippen LogP contribution < -0.4 is 0 Å². The van der Waals surface area contributed by atoms with Gasteiger partial charge in [-0.2, -0.15) is 13.2 Å². The Bertz CT molecular complexity index is 815. The van der Waals surface area contributed by atoms with Crippen LogP contribution in [0.3, 0.4) is 0 Å².